The molecule has 214 valence electrons. The highest BCUT2D eigenvalue weighted by atomic mass is 16.6. The molecule has 5 rings (SSSR count). The van der Waals surface area contributed by atoms with Crippen molar-refractivity contribution in [2.75, 3.05) is 7.11 Å². The fourth-order valence-electron chi connectivity index (χ4n) is 5.48. The summed E-state index contributed by atoms with van der Waals surface area (Å²) in [5, 5.41) is 11.6. The SMILES string of the molecule is CCC(=O)O[C@H]1c2c(cc(OC)c3c(=O)c4cc5ccccc5cc4n(C)c23)OC(C)(C)[C@H]1OC(=O)CCC(=O)O. The van der Waals surface area contributed by atoms with E-state index in [0.717, 1.165) is 10.8 Å². The molecular weight excluding hydrogens is 530 g/mol. The van der Waals surface area contributed by atoms with Crippen LogP contribution in [0.1, 0.15) is 51.7 Å². The molecule has 0 bridgehead atoms. The fraction of sp³-hybridized carbons (Fsp3) is 0.355. The number of fused-ring (bicyclic) bond motifs is 5. The topological polar surface area (TPSA) is 130 Å². The molecule has 1 aliphatic heterocycles. The van der Waals surface area contributed by atoms with E-state index in [-0.39, 0.29) is 29.4 Å². The van der Waals surface area contributed by atoms with Gasteiger partial charge in [0.05, 0.1) is 41.9 Å². The van der Waals surface area contributed by atoms with Gasteiger partial charge in [-0.05, 0) is 36.8 Å². The van der Waals surface area contributed by atoms with Crippen LogP contribution in [0.15, 0.2) is 47.3 Å². The second kappa shape index (κ2) is 10.4. The molecule has 0 radical (unpaired) electrons. The van der Waals surface area contributed by atoms with Crippen molar-refractivity contribution in [2.45, 2.75) is 57.8 Å². The molecule has 41 heavy (non-hydrogen) atoms. The minimum absolute atomic E-state index is 0.0503. The highest BCUT2D eigenvalue weighted by Gasteiger charge is 2.50. The first-order valence-corrected chi connectivity index (χ1v) is 13.3. The molecule has 0 spiro atoms. The number of pyridine rings is 1. The van der Waals surface area contributed by atoms with Crippen LogP contribution in [0.4, 0.5) is 0 Å². The number of aliphatic carboxylic acids is 1. The van der Waals surface area contributed by atoms with E-state index < -0.39 is 42.1 Å². The molecule has 4 aromatic rings. The van der Waals surface area contributed by atoms with Gasteiger partial charge in [0.25, 0.3) is 0 Å². The van der Waals surface area contributed by atoms with E-state index in [1.807, 2.05) is 41.0 Å². The zero-order valence-corrected chi connectivity index (χ0v) is 23.5. The highest BCUT2D eigenvalue weighted by Crippen LogP contribution is 2.49. The third kappa shape index (κ3) is 4.83. The maximum atomic E-state index is 14.1. The Morgan fingerprint density at radius 2 is 1.71 bits per heavy atom. The van der Waals surface area contributed by atoms with E-state index in [1.54, 1.807) is 33.9 Å². The third-order valence-electron chi connectivity index (χ3n) is 7.48. The van der Waals surface area contributed by atoms with Crippen molar-refractivity contribution in [3.05, 3.63) is 58.3 Å². The Bertz CT molecular complexity index is 1790. The Hall–Kier alpha value is -4.60. The normalized spacial score (nSPS) is 17.6. The number of methoxy groups -OCH3 is 1. The van der Waals surface area contributed by atoms with Crippen LogP contribution in [0.3, 0.4) is 0 Å². The average molecular weight is 562 g/mol. The standard InChI is InChI=1S/C31H31NO9/c1-6-23(35)39-29-26-21(41-31(2,3)30(29)40-24(36)12-11-22(33)34)15-20(38-5)25-27(26)32(4)19-14-17-10-8-7-9-16(17)13-18(19)28(25)37/h7-10,13-15,29-30H,6,11-12H2,1-5H3,(H,33,34)/t29-,30-/m0/s1. The van der Waals surface area contributed by atoms with Gasteiger partial charge in [-0.25, -0.2) is 0 Å². The van der Waals surface area contributed by atoms with Gasteiger partial charge in [-0.1, -0.05) is 31.2 Å². The summed E-state index contributed by atoms with van der Waals surface area (Å²) < 4.78 is 25.6. The first kappa shape index (κ1) is 27.9. The van der Waals surface area contributed by atoms with E-state index in [9.17, 15) is 19.2 Å². The average Bonchev–Trinajstić information content (AvgIpc) is 2.94. The number of benzene rings is 3. The molecular formula is C31H31NO9. The molecule has 0 amide bonds. The number of carboxylic acid groups (broad SMARTS) is 1. The minimum Gasteiger partial charge on any atom is -0.496 e. The Balaban J connectivity index is 1.83. The summed E-state index contributed by atoms with van der Waals surface area (Å²) in [6, 6.07) is 13.0. The minimum atomic E-state index is -1.20. The number of carbonyl (C=O) groups excluding carboxylic acids is 2. The second-order valence-corrected chi connectivity index (χ2v) is 10.6. The van der Waals surface area contributed by atoms with Gasteiger partial charge in [0.15, 0.2) is 12.2 Å². The molecule has 0 fully saturated rings. The molecule has 1 aliphatic rings. The van der Waals surface area contributed by atoms with Gasteiger partial charge in [0, 0.05) is 24.9 Å². The highest BCUT2D eigenvalue weighted by molar-refractivity contribution is 6.04. The van der Waals surface area contributed by atoms with E-state index in [1.165, 1.54) is 7.11 Å². The lowest BCUT2D eigenvalue weighted by atomic mass is 9.86. The number of hydrogen-bond acceptors (Lipinski definition) is 8. The number of rotatable bonds is 7. The predicted octanol–water partition coefficient (Wildman–Crippen LogP) is 4.80. The van der Waals surface area contributed by atoms with Gasteiger partial charge in [-0.15, -0.1) is 0 Å². The van der Waals surface area contributed by atoms with Crippen LogP contribution in [0, 0.1) is 0 Å². The molecule has 0 unspecified atom stereocenters. The number of aryl methyl sites for hydroxylation is 1. The van der Waals surface area contributed by atoms with Crippen molar-refractivity contribution in [1.29, 1.82) is 0 Å². The lowest BCUT2D eigenvalue weighted by molar-refractivity contribution is -0.190. The van der Waals surface area contributed by atoms with Crippen LogP contribution in [-0.2, 0) is 30.9 Å². The smallest absolute Gasteiger partial charge is 0.306 e. The van der Waals surface area contributed by atoms with Crippen molar-refractivity contribution in [3.8, 4) is 11.5 Å². The van der Waals surface area contributed by atoms with Crippen molar-refractivity contribution in [3.63, 3.8) is 0 Å². The quantitative estimate of drug-likeness (QED) is 0.250. The van der Waals surface area contributed by atoms with E-state index in [0.29, 0.717) is 27.7 Å². The molecule has 10 heteroatoms. The Morgan fingerprint density at radius 1 is 1.02 bits per heavy atom. The zero-order valence-electron chi connectivity index (χ0n) is 23.5. The van der Waals surface area contributed by atoms with E-state index in [4.69, 9.17) is 24.1 Å². The van der Waals surface area contributed by atoms with Gasteiger partial charge in [0.2, 0.25) is 5.43 Å². The molecule has 3 aromatic carbocycles. The Morgan fingerprint density at radius 3 is 2.34 bits per heavy atom. The van der Waals surface area contributed by atoms with Crippen LogP contribution >= 0.6 is 0 Å². The van der Waals surface area contributed by atoms with Crippen LogP contribution in [0.2, 0.25) is 0 Å². The summed E-state index contributed by atoms with van der Waals surface area (Å²) in [4.78, 5) is 50.6. The number of ether oxygens (including phenoxy) is 4. The predicted molar refractivity (Wildman–Crippen MR) is 151 cm³/mol. The Labute approximate surface area is 235 Å². The molecule has 10 nitrogen and oxygen atoms in total. The molecule has 0 aliphatic carbocycles. The van der Waals surface area contributed by atoms with Crippen LogP contribution < -0.4 is 14.9 Å². The molecule has 2 heterocycles. The van der Waals surface area contributed by atoms with Crippen molar-refractivity contribution >= 4 is 50.5 Å². The molecule has 1 aromatic heterocycles. The number of nitrogens with zero attached hydrogens (tertiary/aromatic N) is 1. The van der Waals surface area contributed by atoms with Crippen molar-refractivity contribution < 1.29 is 38.4 Å². The monoisotopic (exact) mass is 561 g/mol. The summed E-state index contributed by atoms with van der Waals surface area (Å²) in [5.41, 5.74) is -0.0819. The number of carbonyl (C=O) groups is 3. The van der Waals surface area contributed by atoms with E-state index >= 15 is 0 Å². The van der Waals surface area contributed by atoms with Gasteiger partial charge < -0.3 is 28.6 Å². The molecule has 0 saturated heterocycles. The van der Waals surface area contributed by atoms with E-state index in [2.05, 4.69) is 0 Å². The number of esters is 2. The van der Waals surface area contributed by atoms with Crippen molar-refractivity contribution in [2.24, 2.45) is 7.05 Å². The third-order valence-corrected chi connectivity index (χ3v) is 7.48. The maximum Gasteiger partial charge on any atom is 0.306 e. The summed E-state index contributed by atoms with van der Waals surface area (Å²) in [7, 11) is 3.26. The zero-order chi connectivity index (χ0) is 29.6. The lowest BCUT2D eigenvalue weighted by Gasteiger charge is -2.43. The lowest BCUT2D eigenvalue weighted by Crippen LogP contribution is -2.52. The summed E-state index contributed by atoms with van der Waals surface area (Å²) in [6.45, 7) is 5.00. The summed E-state index contributed by atoms with van der Waals surface area (Å²) in [6.07, 6.45) is -3.05. The number of carboxylic acids is 1. The fourth-order valence-corrected chi connectivity index (χ4v) is 5.48. The van der Waals surface area contributed by atoms with Gasteiger partial charge in [-0.2, -0.15) is 0 Å². The van der Waals surface area contributed by atoms with Gasteiger partial charge in [0.1, 0.15) is 17.1 Å². The maximum absolute atomic E-state index is 14.1. The van der Waals surface area contributed by atoms with Crippen LogP contribution in [-0.4, -0.2) is 46.4 Å². The largest absolute Gasteiger partial charge is 0.496 e. The Kier molecular flexibility index (Phi) is 7.10. The first-order valence-electron chi connectivity index (χ1n) is 13.3. The number of hydrogen-bond donors (Lipinski definition) is 1. The van der Waals surface area contributed by atoms with Crippen LogP contribution in [0.25, 0.3) is 32.6 Å². The van der Waals surface area contributed by atoms with Gasteiger partial charge in [-0.3, -0.25) is 19.2 Å². The van der Waals surface area contributed by atoms with Gasteiger partial charge >= 0.3 is 17.9 Å². The summed E-state index contributed by atoms with van der Waals surface area (Å²) in [5.74, 6) is -1.89. The van der Waals surface area contributed by atoms with Crippen molar-refractivity contribution in [1.82, 2.24) is 4.57 Å². The first-order chi connectivity index (χ1) is 19.5. The summed E-state index contributed by atoms with van der Waals surface area (Å²) >= 11 is 0. The number of aromatic nitrogens is 1. The molecule has 1 N–H and O–H groups in total. The van der Waals surface area contributed by atoms with Crippen LogP contribution in [0.5, 0.6) is 11.5 Å². The molecule has 2 atom stereocenters. The second-order valence-electron chi connectivity index (χ2n) is 10.6. The molecule has 0 saturated carbocycles.